The molecule has 0 aliphatic carbocycles. The lowest BCUT2D eigenvalue weighted by Crippen LogP contribution is -2.17. The van der Waals surface area contributed by atoms with Gasteiger partial charge in [-0.1, -0.05) is 29.4 Å². The molecule has 1 aromatic carbocycles. The SMILES string of the molecule is Cc1cc(C)n(Cc2ccccc2/C(N)=N/O)n1. The van der Waals surface area contributed by atoms with Crippen LogP contribution in [0.4, 0.5) is 0 Å². The van der Waals surface area contributed by atoms with E-state index in [-0.39, 0.29) is 5.84 Å². The monoisotopic (exact) mass is 244 g/mol. The van der Waals surface area contributed by atoms with E-state index in [1.54, 1.807) is 0 Å². The minimum absolute atomic E-state index is 0.118. The first-order valence-corrected chi connectivity index (χ1v) is 5.68. The summed E-state index contributed by atoms with van der Waals surface area (Å²) >= 11 is 0. The largest absolute Gasteiger partial charge is 0.409 e. The van der Waals surface area contributed by atoms with Crippen LogP contribution < -0.4 is 5.73 Å². The van der Waals surface area contributed by atoms with Crippen molar-refractivity contribution in [2.75, 3.05) is 0 Å². The molecule has 2 rings (SSSR count). The van der Waals surface area contributed by atoms with Crippen molar-refractivity contribution in [1.82, 2.24) is 9.78 Å². The molecule has 0 radical (unpaired) electrons. The normalized spacial score (nSPS) is 11.8. The summed E-state index contributed by atoms with van der Waals surface area (Å²) in [5.74, 6) is 0.118. The van der Waals surface area contributed by atoms with E-state index in [0.717, 1.165) is 22.5 Å². The fraction of sp³-hybridized carbons (Fsp3) is 0.231. The highest BCUT2D eigenvalue weighted by Crippen LogP contribution is 2.12. The molecule has 5 heteroatoms. The first kappa shape index (κ1) is 12.2. The van der Waals surface area contributed by atoms with Crippen molar-refractivity contribution in [3.63, 3.8) is 0 Å². The number of hydrogen-bond acceptors (Lipinski definition) is 3. The topological polar surface area (TPSA) is 76.4 Å². The Labute approximate surface area is 106 Å². The molecule has 0 aliphatic heterocycles. The van der Waals surface area contributed by atoms with Gasteiger partial charge in [0.1, 0.15) is 0 Å². The van der Waals surface area contributed by atoms with Crippen LogP contribution in [0, 0.1) is 13.8 Å². The third-order valence-electron chi connectivity index (χ3n) is 2.82. The zero-order chi connectivity index (χ0) is 13.1. The summed E-state index contributed by atoms with van der Waals surface area (Å²) in [7, 11) is 0. The van der Waals surface area contributed by atoms with Crippen molar-refractivity contribution >= 4 is 5.84 Å². The number of hydrogen-bond donors (Lipinski definition) is 2. The Morgan fingerprint density at radius 2 is 2.11 bits per heavy atom. The van der Waals surface area contributed by atoms with Gasteiger partial charge in [0.25, 0.3) is 0 Å². The Morgan fingerprint density at radius 3 is 2.72 bits per heavy atom. The van der Waals surface area contributed by atoms with E-state index in [4.69, 9.17) is 10.9 Å². The highest BCUT2D eigenvalue weighted by Gasteiger charge is 2.08. The summed E-state index contributed by atoms with van der Waals surface area (Å²) in [5, 5.41) is 16.2. The molecule has 1 aromatic heterocycles. The minimum Gasteiger partial charge on any atom is -0.409 e. The smallest absolute Gasteiger partial charge is 0.170 e. The number of aryl methyl sites for hydroxylation is 2. The first-order valence-electron chi connectivity index (χ1n) is 5.68. The zero-order valence-corrected chi connectivity index (χ0v) is 10.5. The zero-order valence-electron chi connectivity index (χ0n) is 10.5. The Bertz CT molecular complexity index is 586. The number of aromatic nitrogens is 2. The lowest BCUT2D eigenvalue weighted by molar-refractivity contribution is 0.318. The van der Waals surface area contributed by atoms with Crippen LogP contribution in [0.15, 0.2) is 35.5 Å². The number of nitrogens with zero attached hydrogens (tertiary/aromatic N) is 3. The van der Waals surface area contributed by atoms with Gasteiger partial charge in [-0.05, 0) is 25.5 Å². The van der Waals surface area contributed by atoms with Crippen LogP contribution in [-0.2, 0) is 6.54 Å². The summed E-state index contributed by atoms with van der Waals surface area (Å²) in [6, 6.07) is 9.58. The average molecular weight is 244 g/mol. The second-order valence-corrected chi connectivity index (χ2v) is 4.23. The van der Waals surface area contributed by atoms with Crippen LogP contribution in [0.2, 0.25) is 0 Å². The Morgan fingerprint density at radius 1 is 1.39 bits per heavy atom. The summed E-state index contributed by atoms with van der Waals surface area (Å²) in [5.41, 5.74) is 9.43. The third kappa shape index (κ3) is 2.34. The molecule has 0 bridgehead atoms. The maximum atomic E-state index is 8.78. The van der Waals surface area contributed by atoms with Gasteiger partial charge in [0.05, 0.1) is 12.2 Å². The van der Waals surface area contributed by atoms with Crippen molar-refractivity contribution in [2.24, 2.45) is 10.9 Å². The summed E-state index contributed by atoms with van der Waals surface area (Å²) < 4.78 is 1.90. The Balaban J connectivity index is 2.38. The minimum atomic E-state index is 0.118. The number of benzene rings is 1. The van der Waals surface area contributed by atoms with E-state index >= 15 is 0 Å². The molecule has 0 unspecified atom stereocenters. The molecular formula is C13H16N4O. The van der Waals surface area contributed by atoms with Crippen LogP contribution in [0.3, 0.4) is 0 Å². The Kier molecular flexibility index (Phi) is 3.32. The predicted molar refractivity (Wildman–Crippen MR) is 69.8 cm³/mol. The van der Waals surface area contributed by atoms with Gasteiger partial charge >= 0.3 is 0 Å². The van der Waals surface area contributed by atoms with E-state index in [2.05, 4.69) is 10.3 Å². The van der Waals surface area contributed by atoms with Crippen LogP contribution in [0.25, 0.3) is 0 Å². The molecule has 18 heavy (non-hydrogen) atoms. The average Bonchev–Trinajstić information content (AvgIpc) is 2.67. The van der Waals surface area contributed by atoms with E-state index in [9.17, 15) is 0 Å². The van der Waals surface area contributed by atoms with Gasteiger partial charge in [0.2, 0.25) is 0 Å². The summed E-state index contributed by atoms with van der Waals surface area (Å²) in [4.78, 5) is 0. The van der Waals surface area contributed by atoms with E-state index in [1.165, 1.54) is 0 Å². The lowest BCUT2D eigenvalue weighted by atomic mass is 10.1. The van der Waals surface area contributed by atoms with Gasteiger partial charge in [-0.15, -0.1) is 0 Å². The van der Waals surface area contributed by atoms with E-state index < -0.39 is 0 Å². The van der Waals surface area contributed by atoms with E-state index in [0.29, 0.717) is 6.54 Å². The van der Waals surface area contributed by atoms with Crippen LogP contribution in [0.1, 0.15) is 22.5 Å². The standard InChI is InChI=1S/C13H16N4O/c1-9-7-10(2)17(15-9)8-11-5-3-4-6-12(11)13(14)16-18/h3-7,18H,8H2,1-2H3,(H2,14,16). The highest BCUT2D eigenvalue weighted by molar-refractivity contribution is 5.98. The van der Waals surface area contributed by atoms with Gasteiger partial charge in [-0.3, -0.25) is 4.68 Å². The van der Waals surface area contributed by atoms with Crippen molar-refractivity contribution in [2.45, 2.75) is 20.4 Å². The highest BCUT2D eigenvalue weighted by atomic mass is 16.4. The third-order valence-corrected chi connectivity index (χ3v) is 2.82. The molecule has 94 valence electrons. The lowest BCUT2D eigenvalue weighted by Gasteiger charge is -2.09. The molecule has 0 saturated carbocycles. The quantitative estimate of drug-likeness (QED) is 0.373. The number of oxime groups is 1. The molecule has 5 nitrogen and oxygen atoms in total. The second kappa shape index (κ2) is 4.91. The fourth-order valence-electron chi connectivity index (χ4n) is 1.96. The summed E-state index contributed by atoms with van der Waals surface area (Å²) in [6.45, 7) is 4.57. The van der Waals surface area contributed by atoms with Gasteiger partial charge in [-0.2, -0.15) is 5.10 Å². The fourth-order valence-corrected chi connectivity index (χ4v) is 1.96. The number of amidine groups is 1. The predicted octanol–water partition coefficient (Wildman–Crippen LogP) is 1.64. The maximum Gasteiger partial charge on any atom is 0.170 e. The van der Waals surface area contributed by atoms with Gasteiger partial charge in [0, 0.05) is 11.3 Å². The molecule has 0 amide bonds. The van der Waals surface area contributed by atoms with Crippen LogP contribution >= 0.6 is 0 Å². The van der Waals surface area contributed by atoms with Crippen molar-refractivity contribution < 1.29 is 5.21 Å². The molecular weight excluding hydrogens is 228 g/mol. The summed E-state index contributed by atoms with van der Waals surface area (Å²) in [6.07, 6.45) is 0. The number of nitrogens with two attached hydrogens (primary N) is 1. The molecule has 0 saturated heterocycles. The van der Waals surface area contributed by atoms with Gasteiger partial charge < -0.3 is 10.9 Å². The van der Waals surface area contributed by atoms with Crippen molar-refractivity contribution in [3.05, 3.63) is 52.8 Å². The van der Waals surface area contributed by atoms with Gasteiger partial charge in [0.15, 0.2) is 5.84 Å². The van der Waals surface area contributed by atoms with Crippen molar-refractivity contribution in [3.8, 4) is 0 Å². The van der Waals surface area contributed by atoms with Crippen molar-refractivity contribution in [1.29, 1.82) is 0 Å². The molecule has 0 aliphatic rings. The van der Waals surface area contributed by atoms with Crippen LogP contribution in [-0.4, -0.2) is 20.8 Å². The first-order chi connectivity index (χ1) is 8.61. The Hall–Kier alpha value is -2.30. The molecule has 2 aromatic rings. The van der Waals surface area contributed by atoms with Crippen LogP contribution in [0.5, 0.6) is 0 Å². The molecule has 0 fully saturated rings. The number of rotatable bonds is 3. The molecule has 3 N–H and O–H groups in total. The molecule has 1 heterocycles. The molecule has 0 atom stereocenters. The van der Waals surface area contributed by atoms with E-state index in [1.807, 2.05) is 48.9 Å². The second-order valence-electron chi connectivity index (χ2n) is 4.23. The van der Waals surface area contributed by atoms with Gasteiger partial charge in [-0.25, -0.2) is 0 Å². The maximum absolute atomic E-state index is 8.78. The molecule has 0 spiro atoms.